The highest BCUT2D eigenvalue weighted by molar-refractivity contribution is 14.1. The molecule has 5 nitrogen and oxygen atoms in total. The molecule has 3 aromatic rings. The number of carbonyl (C=O) groups is 1. The van der Waals surface area contributed by atoms with Crippen LogP contribution in [-0.2, 0) is 16.5 Å². The molecule has 0 radical (unpaired) electrons. The van der Waals surface area contributed by atoms with E-state index >= 15 is 0 Å². The first-order valence-electron chi connectivity index (χ1n) is 10.00. The topological polar surface area (TPSA) is 73.1 Å². The van der Waals surface area contributed by atoms with E-state index < -0.39 is 77.5 Å². The highest BCUT2D eigenvalue weighted by Crippen LogP contribution is 2.59. The van der Waals surface area contributed by atoms with Crippen molar-refractivity contribution in [1.82, 2.24) is 0 Å². The molecule has 0 spiro atoms. The number of rotatable bonds is 5. The first kappa shape index (κ1) is 31.7. The van der Waals surface area contributed by atoms with Gasteiger partial charge in [0.25, 0.3) is 5.91 Å². The molecule has 1 heterocycles. The Morgan fingerprint density at radius 3 is 2.00 bits per heavy atom. The fourth-order valence-electron chi connectivity index (χ4n) is 3.40. The normalized spacial score (nSPS) is 15.5. The zero-order chi connectivity index (χ0) is 30.6. The number of nitrogens with zero attached hydrogens (tertiary/aromatic N) is 1. The number of aromatic nitrogens is 1. The van der Waals surface area contributed by atoms with Crippen LogP contribution in [0.2, 0.25) is 0 Å². The number of amides is 1. The van der Waals surface area contributed by atoms with Crippen molar-refractivity contribution in [2.45, 2.75) is 34.3 Å². The number of nitrogens with one attached hydrogen (secondary N) is 1. The number of benzene rings is 2. The maximum absolute atomic E-state index is 15.0. The van der Waals surface area contributed by atoms with Gasteiger partial charge in [0, 0.05) is 32.2 Å². The quantitative estimate of drug-likeness (QED) is 0.135. The van der Waals surface area contributed by atoms with Gasteiger partial charge >= 0.3 is 29.5 Å². The summed E-state index contributed by atoms with van der Waals surface area (Å²) >= 11 is 0.832. The number of anilines is 1. The van der Waals surface area contributed by atoms with Crippen LogP contribution in [0.15, 0.2) is 53.6 Å². The molecular formula is C21H9F12IN2O3S. The van der Waals surface area contributed by atoms with Gasteiger partial charge in [-0.15, -0.1) is 0 Å². The Morgan fingerprint density at radius 2 is 1.48 bits per heavy atom. The zero-order valence-corrected chi connectivity index (χ0v) is 21.6. The molecule has 1 N–H and O–H groups in total. The van der Waals surface area contributed by atoms with Crippen LogP contribution in [0.3, 0.4) is 0 Å². The Balaban J connectivity index is 2.25. The summed E-state index contributed by atoms with van der Waals surface area (Å²) in [5, 5.41) is 14.0. The van der Waals surface area contributed by atoms with Gasteiger partial charge in [-0.2, -0.15) is 53.0 Å². The molecule has 2 unspecified atom stereocenters. The fourth-order valence-corrected chi connectivity index (χ4v) is 5.17. The predicted molar refractivity (Wildman–Crippen MR) is 122 cm³/mol. The van der Waals surface area contributed by atoms with Gasteiger partial charge in [0.2, 0.25) is 5.52 Å². The maximum atomic E-state index is 15.0. The van der Waals surface area contributed by atoms with Crippen LogP contribution in [0.4, 0.5) is 58.4 Å². The molecular weight excluding hydrogens is 715 g/mol. The zero-order valence-electron chi connectivity index (χ0n) is 18.6. The predicted octanol–water partition coefficient (Wildman–Crippen LogP) is 6.88. The lowest BCUT2D eigenvalue weighted by molar-refractivity contribution is -0.577. The second kappa shape index (κ2) is 10.2. The van der Waals surface area contributed by atoms with E-state index in [4.69, 9.17) is 0 Å². The van der Waals surface area contributed by atoms with E-state index in [1.165, 1.54) is 18.2 Å². The Bertz CT molecular complexity index is 1510. The molecule has 1 amide bonds. The average Bonchev–Trinajstić information content (AvgIpc) is 2.82. The molecule has 0 saturated carbocycles. The maximum Gasteiger partial charge on any atom is 0.475 e. The van der Waals surface area contributed by atoms with Crippen LogP contribution in [-0.4, -0.2) is 33.9 Å². The van der Waals surface area contributed by atoms with Gasteiger partial charge in [0.1, 0.15) is 0 Å². The van der Waals surface area contributed by atoms with Crippen molar-refractivity contribution < 1.29 is 66.4 Å². The number of halogens is 13. The van der Waals surface area contributed by atoms with Gasteiger partial charge in [-0.05, 0) is 52.9 Å². The van der Waals surface area contributed by atoms with E-state index in [1.54, 1.807) is 5.32 Å². The van der Waals surface area contributed by atoms with Crippen molar-refractivity contribution in [3.63, 3.8) is 0 Å². The molecule has 1 aromatic heterocycles. The minimum Gasteiger partial charge on any atom is -0.618 e. The van der Waals surface area contributed by atoms with E-state index in [-0.39, 0.29) is 11.6 Å². The van der Waals surface area contributed by atoms with E-state index in [0.717, 1.165) is 40.9 Å². The summed E-state index contributed by atoms with van der Waals surface area (Å²) in [6.45, 7) is 0. The smallest absolute Gasteiger partial charge is 0.475 e. The molecule has 0 aliphatic heterocycles. The number of fused-ring (bicyclic) bond motifs is 1. The minimum absolute atomic E-state index is 0.124. The largest absolute Gasteiger partial charge is 0.618 e. The summed E-state index contributed by atoms with van der Waals surface area (Å²) in [6.07, 6.45) is -13.2. The average molecular weight is 724 g/mol. The summed E-state index contributed by atoms with van der Waals surface area (Å²) in [7, 11) is -4.47. The van der Waals surface area contributed by atoms with Crippen molar-refractivity contribution in [1.29, 1.82) is 0 Å². The van der Waals surface area contributed by atoms with Crippen molar-refractivity contribution >= 4 is 55.9 Å². The lowest BCUT2D eigenvalue weighted by atomic mass is 9.87. The van der Waals surface area contributed by atoms with E-state index in [1.807, 2.05) is 0 Å². The van der Waals surface area contributed by atoms with E-state index in [0.29, 0.717) is 10.1 Å². The standard InChI is InChI=1S/C21H9F12IN2O3S/c22-17(19(25,26)27,18(23,24)20(28,29)30)11-7-12(34)15(14(8-11)40(39)21(31,32)33)35-16(37)10-4-3-9-2-1-5-36(38)13(9)6-10/h1-8H,(H,35,37). The van der Waals surface area contributed by atoms with Crippen LogP contribution < -0.4 is 10.0 Å². The van der Waals surface area contributed by atoms with Gasteiger partial charge in [-0.1, -0.05) is 0 Å². The fraction of sp³-hybridized carbons (Fsp3) is 0.238. The van der Waals surface area contributed by atoms with Crippen LogP contribution in [0.25, 0.3) is 10.9 Å². The van der Waals surface area contributed by atoms with Gasteiger partial charge in [0.15, 0.2) is 17.0 Å². The SMILES string of the molecule is O=C(Nc1c(I)cc(C(F)(C(F)(F)F)C(F)(F)C(F)(F)F)cc1S(=O)C(F)(F)F)c1ccc2ccc[n+]([O-])c2c1. The molecule has 40 heavy (non-hydrogen) atoms. The first-order valence-corrected chi connectivity index (χ1v) is 12.2. The van der Waals surface area contributed by atoms with Crippen LogP contribution in [0.1, 0.15) is 15.9 Å². The molecule has 0 saturated heterocycles. The van der Waals surface area contributed by atoms with E-state index in [2.05, 4.69) is 0 Å². The number of hydrogen-bond donors (Lipinski definition) is 1. The van der Waals surface area contributed by atoms with Gasteiger partial charge < -0.3 is 10.5 Å². The third-order valence-electron chi connectivity index (χ3n) is 5.31. The highest BCUT2D eigenvalue weighted by atomic mass is 127. The van der Waals surface area contributed by atoms with Gasteiger partial charge in [0.05, 0.1) is 10.6 Å². The van der Waals surface area contributed by atoms with Gasteiger partial charge in [-0.25, -0.2) is 8.60 Å². The molecule has 19 heteroatoms. The van der Waals surface area contributed by atoms with E-state index in [9.17, 15) is 66.9 Å². The Morgan fingerprint density at radius 1 is 0.875 bits per heavy atom. The molecule has 2 aromatic carbocycles. The lowest BCUT2D eigenvalue weighted by Gasteiger charge is -2.36. The molecule has 0 bridgehead atoms. The van der Waals surface area contributed by atoms with Crippen LogP contribution >= 0.6 is 22.6 Å². The number of hydrogen-bond acceptors (Lipinski definition) is 3. The van der Waals surface area contributed by atoms with Crippen molar-refractivity contribution in [2.75, 3.05) is 5.32 Å². The molecule has 2 atom stereocenters. The molecule has 3 rings (SSSR count). The van der Waals surface area contributed by atoms with Gasteiger partial charge in [-0.3, -0.25) is 4.79 Å². The van der Waals surface area contributed by atoms with Crippen molar-refractivity contribution in [3.8, 4) is 0 Å². The first-order chi connectivity index (χ1) is 18.0. The summed E-state index contributed by atoms with van der Waals surface area (Å²) < 4.78 is 173. The molecule has 218 valence electrons. The summed E-state index contributed by atoms with van der Waals surface area (Å²) in [5.74, 6) is -8.58. The highest BCUT2D eigenvalue weighted by Gasteiger charge is 2.81. The summed E-state index contributed by atoms with van der Waals surface area (Å²) in [6, 6.07) is 4.97. The second-order valence-electron chi connectivity index (χ2n) is 7.84. The third-order valence-corrected chi connectivity index (χ3v) is 7.30. The third kappa shape index (κ3) is 5.40. The second-order valence-corrected chi connectivity index (χ2v) is 10.4. The monoisotopic (exact) mass is 724 g/mol. The molecule has 0 fully saturated rings. The molecule has 0 aliphatic carbocycles. The van der Waals surface area contributed by atoms with Crippen molar-refractivity contribution in [3.05, 3.63) is 68.6 Å². The summed E-state index contributed by atoms with van der Waals surface area (Å²) in [4.78, 5) is 10.8. The minimum atomic E-state index is -7.22. The molecule has 0 aliphatic rings. The Hall–Kier alpha value is -2.84. The Labute approximate surface area is 230 Å². The van der Waals surface area contributed by atoms with Crippen LogP contribution in [0.5, 0.6) is 0 Å². The summed E-state index contributed by atoms with van der Waals surface area (Å²) in [5.41, 5.74) is -16.9. The van der Waals surface area contributed by atoms with Crippen molar-refractivity contribution in [2.24, 2.45) is 0 Å². The number of carbonyl (C=O) groups excluding carboxylic acids is 1. The number of pyridine rings is 1. The number of alkyl halides is 12. The Kier molecular flexibility index (Phi) is 8.09. The lowest BCUT2D eigenvalue weighted by Crippen LogP contribution is -2.59. The van der Waals surface area contributed by atoms with Crippen LogP contribution in [0, 0.1) is 8.78 Å².